The summed E-state index contributed by atoms with van der Waals surface area (Å²) in [7, 11) is 0. The molecule has 1 heterocycles. The minimum atomic E-state index is -1.58. The lowest BCUT2D eigenvalue weighted by Gasteiger charge is -2.43. The first-order valence-electron chi connectivity index (χ1n) is 9.20. The Hall–Kier alpha value is -2.91. The summed E-state index contributed by atoms with van der Waals surface area (Å²) >= 11 is 6.36. The number of nitro groups is 1. The highest BCUT2D eigenvalue weighted by Crippen LogP contribution is 2.48. The number of allylic oxidation sites excluding steroid dienone is 1. The number of rotatable bonds is 9. The van der Waals surface area contributed by atoms with Gasteiger partial charge in [-0.15, -0.1) is 0 Å². The number of carbonyl (C=O) groups is 2. The average Bonchev–Trinajstić information content (AvgIpc) is 2.64. The van der Waals surface area contributed by atoms with Crippen LogP contribution in [0.1, 0.15) is 26.3 Å². The molecule has 0 fully saturated rings. The van der Waals surface area contributed by atoms with E-state index in [0.717, 1.165) is 0 Å². The monoisotopic (exact) mass is 438 g/mol. The average molecular weight is 439 g/mol. The van der Waals surface area contributed by atoms with E-state index in [2.05, 4.69) is 0 Å². The van der Waals surface area contributed by atoms with E-state index in [1.807, 2.05) is 0 Å². The molecule has 1 unspecified atom stereocenters. The van der Waals surface area contributed by atoms with Crippen LogP contribution in [0.25, 0.3) is 0 Å². The molecule has 1 aliphatic heterocycles. The van der Waals surface area contributed by atoms with Gasteiger partial charge in [-0.3, -0.25) is 10.1 Å². The van der Waals surface area contributed by atoms with Crippen molar-refractivity contribution in [2.24, 2.45) is 0 Å². The molecule has 2 rings (SSSR count). The first-order chi connectivity index (χ1) is 14.1. The lowest BCUT2D eigenvalue weighted by atomic mass is 9.66. The van der Waals surface area contributed by atoms with Gasteiger partial charge in [0.15, 0.2) is 0 Å². The Balaban J connectivity index is 2.77. The quantitative estimate of drug-likeness (QED) is 0.342. The predicted octanol–water partition coefficient (Wildman–Crippen LogP) is 2.92. The molecule has 1 aromatic carbocycles. The van der Waals surface area contributed by atoms with Crippen LogP contribution in [0.3, 0.4) is 0 Å². The Bertz CT molecular complexity index is 941. The van der Waals surface area contributed by atoms with Crippen LogP contribution in [0.15, 0.2) is 46.8 Å². The maximum atomic E-state index is 12.4. The Morgan fingerprint density at radius 2 is 1.83 bits per heavy atom. The summed E-state index contributed by atoms with van der Waals surface area (Å²) in [4.78, 5) is 36.3. The molecule has 0 aromatic heterocycles. The number of halogens is 1. The van der Waals surface area contributed by atoms with E-state index in [9.17, 15) is 29.9 Å². The van der Waals surface area contributed by atoms with Crippen molar-refractivity contribution < 1.29 is 29.5 Å². The van der Waals surface area contributed by atoms with Gasteiger partial charge in [-0.2, -0.15) is 0 Å². The molecule has 162 valence electrons. The van der Waals surface area contributed by atoms with Crippen molar-refractivity contribution in [2.45, 2.75) is 26.2 Å². The van der Waals surface area contributed by atoms with Gasteiger partial charge in [-0.25, -0.2) is 9.59 Å². The molecule has 1 aromatic rings. The number of likely N-dealkylation sites (N-methyl/N-ethyl adjacent to an activating group) is 1. The number of carboxylic acid groups (broad SMARTS) is 2. The van der Waals surface area contributed by atoms with Crippen LogP contribution >= 0.6 is 11.6 Å². The molecule has 0 saturated heterocycles. The molecule has 0 bridgehead atoms. The zero-order chi connectivity index (χ0) is 22.6. The fourth-order valence-corrected chi connectivity index (χ4v) is 4.30. The molecular formula is C20H23ClN2O7. The van der Waals surface area contributed by atoms with E-state index >= 15 is 0 Å². The van der Waals surface area contributed by atoms with Crippen LogP contribution in [0, 0.1) is 10.1 Å². The van der Waals surface area contributed by atoms with Gasteiger partial charge in [0.25, 0.3) is 0 Å². The predicted molar refractivity (Wildman–Crippen MR) is 109 cm³/mol. The topological polar surface area (TPSA) is 130 Å². The largest absolute Gasteiger partial charge is 0.478 e. The zero-order valence-electron chi connectivity index (χ0n) is 16.8. The highest BCUT2D eigenvalue weighted by Gasteiger charge is 2.50. The van der Waals surface area contributed by atoms with Crippen LogP contribution in [-0.4, -0.2) is 58.3 Å². The van der Waals surface area contributed by atoms with E-state index in [4.69, 9.17) is 16.3 Å². The highest BCUT2D eigenvalue weighted by molar-refractivity contribution is 6.31. The van der Waals surface area contributed by atoms with Crippen molar-refractivity contribution in [2.75, 3.05) is 26.3 Å². The highest BCUT2D eigenvalue weighted by atomic mass is 35.5. The van der Waals surface area contributed by atoms with Crippen molar-refractivity contribution in [1.82, 2.24) is 4.90 Å². The fourth-order valence-electron chi connectivity index (χ4n) is 3.98. The van der Waals surface area contributed by atoms with Crippen LogP contribution in [0.2, 0.25) is 5.02 Å². The molecule has 10 heteroatoms. The first-order valence-corrected chi connectivity index (χ1v) is 9.58. The third kappa shape index (κ3) is 4.17. The summed E-state index contributed by atoms with van der Waals surface area (Å²) in [6.45, 7) is 4.26. The van der Waals surface area contributed by atoms with E-state index in [1.165, 1.54) is 6.92 Å². The first kappa shape index (κ1) is 23.4. The fraction of sp³-hybridized carbons (Fsp3) is 0.400. The van der Waals surface area contributed by atoms with Gasteiger partial charge in [0.05, 0.1) is 28.9 Å². The summed E-state index contributed by atoms with van der Waals surface area (Å²) in [5.74, 6) is -2.59. The van der Waals surface area contributed by atoms with E-state index in [1.54, 1.807) is 43.0 Å². The SMILES string of the molecule is CCN1C(C)=C(C(=O)O)C(C)(c2ccccc2Cl)C(C(=O)O)=C1COCC[N+](=O)[O-]. The number of carboxylic acids is 2. The minimum absolute atomic E-state index is 0.108. The summed E-state index contributed by atoms with van der Waals surface area (Å²) in [5.41, 5.74) is -0.957. The number of benzene rings is 1. The standard InChI is InChI=1S/C20H23ClN2O7/c1-4-22-12(2)16(18(24)25)20(3,13-7-5-6-8-14(13)21)17(19(26)27)15(22)11-30-10-9-23(28)29/h5-8H,4,9-11H2,1-3H3,(H,24,25)(H,26,27). The van der Waals surface area contributed by atoms with Gasteiger partial charge in [0.2, 0.25) is 6.54 Å². The van der Waals surface area contributed by atoms with Gasteiger partial charge in [-0.05, 0) is 32.4 Å². The molecule has 0 saturated carbocycles. The number of hydrogen-bond acceptors (Lipinski definition) is 6. The maximum Gasteiger partial charge on any atom is 0.334 e. The van der Waals surface area contributed by atoms with Crippen molar-refractivity contribution in [3.63, 3.8) is 0 Å². The van der Waals surface area contributed by atoms with Crippen LogP contribution in [0.5, 0.6) is 0 Å². The smallest absolute Gasteiger partial charge is 0.334 e. The molecule has 1 aliphatic rings. The molecule has 0 radical (unpaired) electrons. The van der Waals surface area contributed by atoms with E-state index in [0.29, 0.717) is 11.3 Å². The minimum Gasteiger partial charge on any atom is -0.478 e. The Morgan fingerprint density at radius 1 is 1.23 bits per heavy atom. The second kappa shape index (κ2) is 9.27. The van der Waals surface area contributed by atoms with Crippen molar-refractivity contribution in [3.05, 3.63) is 67.5 Å². The Morgan fingerprint density at radius 3 is 2.33 bits per heavy atom. The van der Waals surface area contributed by atoms with Crippen molar-refractivity contribution in [1.29, 1.82) is 0 Å². The molecule has 0 spiro atoms. The number of hydrogen-bond donors (Lipinski definition) is 2. The van der Waals surface area contributed by atoms with Crippen molar-refractivity contribution >= 4 is 23.5 Å². The Labute approximate surface area is 178 Å². The maximum absolute atomic E-state index is 12.4. The normalized spacial score (nSPS) is 19.3. The van der Waals surface area contributed by atoms with Crippen LogP contribution in [-0.2, 0) is 19.7 Å². The van der Waals surface area contributed by atoms with E-state index in [-0.39, 0.29) is 41.6 Å². The molecule has 0 aliphatic carbocycles. The molecule has 0 amide bonds. The van der Waals surface area contributed by atoms with Gasteiger partial charge in [0, 0.05) is 22.2 Å². The van der Waals surface area contributed by atoms with Crippen LogP contribution in [0.4, 0.5) is 0 Å². The number of aliphatic carboxylic acids is 2. The van der Waals surface area contributed by atoms with Gasteiger partial charge >= 0.3 is 11.9 Å². The third-order valence-electron chi connectivity index (χ3n) is 5.19. The summed E-state index contributed by atoms with van der Waals surface area (Å²) in [5, 5.41) is 30.9. The Kier molecular flexibility index (Phi) is 7.22. The number of nitrogens with zero attached hydrogens (tertiary/aromatic N) is 2. The lowest BCUT2D eigenvalue weighted by Crippen LogP contribution is -2.45. The molecule has 2 N–H and O–H groups in total. The third-order valence-corrected chi connectivity index (χ3v) is 5.52. The summed E-state index contributed by atoms with van der Waals surface area (Å²) < 4.78 is 5.39. The lowest BCUT2D eigenvalue weighted by molar-refractivity contribution is -0.483. The summed E-state index contributed by atoms with van der Waals surface area (Å²) in [6.07, 6.45) is 0. The van der Waals surface area contributed by atoms with Crippen LogP contribution < -0.4 is 0 Å². The summed E-state index contributed by atoms with van der Waals surface area (Å²) in [6, 6.07) is 6.48. The van der Waals surface area contributed by atoms with Crippen molar-refractivity contribution in [3.8, 4) is 0 Å². The van der Waals surface area contributed by atoms with Gasteiger partial charge in [-0.1, -0.05) is 29.8 Å². The molecular weight excluding hydrogens is 416 g/mol. The van der Waals surface area contributed by atoms with Gasteiger partial charge in [0.1, 0.15) is 6.61 Å². The van der Waals surface area contributed by atoms with E-state index < -0.39 is 28.8 Å². The molecule has 9 nitrogen and oxygen atoms in total. The number of ether oxygens (including phenoxy) is 1. The second-order valence-corrected chi connectivity index (χ2v) is 7.26. The zero-order valence-corrected chi connectivity index (χ0v) is 17.6. The molecule has 30 heavy (non-hydrogen) atoms. The molecule has 1 atom stereocenters. The van der Waals surface area contributed by atoms with Gasteiger partial charge < -0.3 is 19.8 Å². The second-order valence-electron chi connectivity index (χ2n) is 6.85.